The first-order valence-electron chi connectivity index (χ1n) is 5.62. The number of anilines is 1. The minimum Gasteiger partial charge on any atom is -0.438 e. The quantitative estimate of drug-likeness (QED) is 0.688. The molecular formula is C13H14ClN3OS. The highest BCUT2D eigenvalue weighted by Crippen LogP contribution is 2.31. The Balaban J connectivity index is 2.39. The lowest BCUT2D eigenvalue weighted by molar-refractivity contribution is 0.449. The maximum Gasteiger partial charge on any atom is 0.225 e. The Morgan fingerprint density at radius 2 is 1.79 bits per heavy atom. The van der Waals surface area contributed by atoms with Gasteiger partial charge in [-0.15, -0.1) is 0 Å². The van der Waals surface area contributed by atoms with E-state index in [0.717, 1.165) is 16.9 Å². The van der Waals surface area contributed by atoms with Gasteiger partial charge >= 0.3 is 0 Å². The third-order valence-electron chi connectivity index (χ3n) is 2.52. The van der Waals surface area contributed by atoms with E-state index in [9.17, 15) is 0 Å². The van der Waals surface area contributed by atoms with E-state index in [1.807, 2.05) is 32.2 Å². The number of hydrogen-bond acceptors (Lipinski definition) is 5. The average molecular weight is 296 g/mol. The summed E-state index contributed by atoms with van der Waals surface area (Å²) in [5.74, 6) is 1.57. The van der Waals surface area contributed by atoms with Crippen molar-refractivity contribution >= 4 is 29.2 Å². The largest absolute Gasteiger partial charge is 0.438 e. The summed E-state index contributed by atoms with van der Waals surface area (Å²) in [7, 11) is 0. The molecule has 0 atom stereocenters. The molecule has 2 rings (SSSR count). The molecule has 0 amide bonds. The van der Waals surface area contributed by atoms with Gasteiger partial charge in [0.2, 0.25) is 5.88 Å². The molecule has 0 fully saturated rings. The van der Waals surface area contributed by atoms with Gasteiger partial charge in [0, 0.05) is 11.1 Å². The first-order chi connectivity index (χ1) is 8.99. The molecule has 0 radical (unpaired) electrons. The number of halogens is 1. The molecule has 0 spiro atoms. The molecule has 2 aromatic rings. The smallest absolute Gasteiger partial charge is 0.225 e. The van der Waals surface area contributed by atoms with E-state index >= 15 is 0 Å². The standard InChI is InChI=1S/C13H14ClN3OS/c1-7-4-9(14)5-8(2)12(7)18-11-6-10(15)16-13(17-11)19-3/h4-6H,1-3H3,(H2,15,16,17). The fraction of sp³-hybridized carbons (Fsp3) is 0.231. The number of benzene rings is 1. The molecule has 0 saturated carbocycles. The lowest BCUT2D eigenvalue weighted by atomic mass is 10.1. The van der Waals surface area contributed by atoms with Crippen molar-refractivity contribution in [2.24, 2.45) is 0 Å². The summed E-state index contributed by atoms with van der Waals surface area (Å²) in [5, 5.41) is 1.27. The van der Waals surface area contributed by atoms with Crippen LogP contribution in [0.5, 0.6) is 11.6 Å². The summed E-state index contributed by atoms with van der Waals surface area (Å²) in [6, 6.07) is 5.31. The summed E-state index contributed by atoms with van der Waals surface area (Å²) in [6.07, 6.45) is 1.89. The molecule has 0 aliphatic carbocycles. The van der Waals surface area contributed by atoms with E-state index in [0.29, 0.717) is 21.9 Å². The second-order valence-corrected chi connectivity index (χ2v) is 5.30. The van der Waals surface area contributed by atoms with E-state index in [4.69, 9.17) is 22.1 Å². The molecule has 0 unspecified atom stereocenters. The lowest BCUT2D eigenvalue weighted by Crippen LogP contribution is -1.99. The Labute approximate surface area is 121 Å². The minimum atomic E-state index is 0.388. The first-order valence-corrected chi connectivity index (χ1v) is 7.23. The van der Waals surface area contributed by atoms with Crippen LogP contribution in [0.1, 0.15) is 11.1 Å². The minimum absolute atomic E-state index is 0.388. The number of nitrogens with two attached hydrogens (primary N) is 1. The third kappa shape index (κ3) is 3.30. The van der Waals surface area contributed by atoms with E-state index in [1.54, 1.807) is 6.07 Å². The van der Waals surface area contributed by atoms with Crippen LogP contribution < -0.4 is 10.5 Å². The van der Waals surface area contributed by atoms with Crippen molar-refractivity contribution in [3.8, 4) is 11.6 Å². The summed E-state index contributed by atoms with van der Waals surface area (Å²) >= 11 is 7.41. The number of hydrogen-bond donors (Lipinski definition) is 1. The molecule has 2 N–H and O–H groups in total. The van der Waals surface area contributed by atoms with Gasteiger partial charge in [0.25, 0.3) is 0 Å². The second-order valence-electron chi connectivity index (χ2n) is 4.09. The lowest BCUT2D eigenvalue weighted by Gasteiger charge is -2.12. The van der Waals surface area contributed by atoms with Gasteiger partial charge in [-0.3, -0.25) is 0 Å². The Bertz CT molecular complexity index is 596. The van der Waals surface area contributed by atoms with Crippen molar-refractivity contribution in [3.05, 3.63) is 34.3 Å². The second kappa shape index (κ2) is 5.67. The zero-order valence-corrected chi connectivity index (χ0v) is 12.5. The number of thioether (sulfide) groups is 1. The topological polar surface area (TPSA) is 61.0 Å². The molecule has 0 bridgehead atoms. The fourth-order valence-corrected chi connectivity index (χ4v) is 2.43. The molecule has 0 aliphatic heterocycles. The molecule has 6 heteroatoms. The molecule has 0 aliphatic rings. The summed E-state index contributed by atoms with van der Waals surface area (Å²) < 4.78 is 5.82. The van der Waals surface area contributed by atoms with E-state index in [1.165, 1.54) is 11.8 Å². The third-order valence-corrected chi connectivity index (χ3v) is 3.28. The van der Waals surface area contributed by atoms with Gasteiger partial charge in [0.15, 0.2) is 5.16 Å². The molecule has 4 nitrogen and oxygen atoms in total. The van der Waals surface area contributed by atoms with Crippen LogP contribution in [0.2, 0.25) is 5.02 Å². The van der Waals surface area contributed by atoms with Crippen molar-refractivity contribution in [2.45, 2.75) is 19.0 Å². The van der Waals surface area contributed by atoms with Crippen molar-refractivity contribution in [1.29, 1.82) is 0 Å². The van der Waals surface area contributed by atoms with Crippen LogP contribution in [0.15, 0.2) is 23.4 Å². The number of ether oxygens (including phenoxy) is 1. The SMILES string of the molecule is CSc1nc(N)cc(Oc2c(C)cc(Cl)cc2C)n1. The Morgan fingerprint density at radius 3 is 2.37 bits per heavy atom. The molecule has 19 heavy (non-hydrogen) atoms. The van der Waals surface area contributed by atoms with Crippen LogP contribution in [0.3, 0.4) is 0 Å². The van der Waals surface area contributed by atoms with Crippen LogP contribution in [0.25, 0.3) is 0 Å². The number of rotatable bonds is 3. The van der Waals surface area contributed by atoms with Gasteiger partial charge in [-0.05, 0) is 43.4 Å². The number of aromatic nitrogens is 2. The number of nitrogens with zero attached hydrogens (tertiary/aromatic N) is 2. The molecule has 1 aromatic carbocycles. The molecule has 100 valence electrons. The van der Waals surface area contributed by atoms with Gasteiger partial charge < -0.3 is 10.5 Å². The molecular weight excluding hydrogens is 282 g/mol. The highest BCUT2D eigenvalue weighted by Gasteiger charge is 2.10. The summed E-state index contributed by atoms with van der Waals surface area (Å²) in [4.78, 5) is 8.35. The van der Waals surface area contributed by atoms with Crippen molar-refractivity contribution in [2.75, 3.05) is 12.0 Å². The van der Waals surface area contributed by atoms with Gasteiger partial charge in [-0.1, -0.05) is 23.4 Å². The van der Waals surface area contributed by atoms with Crippen LogP contribution in [0.4, 0.5) is 5.82 Å². The highest BCUT2D eigenvalue weighted by atomic mass is 35.5. The van der Waals surface area contributed by atoms with E-state index in [2.05, 4.69) is 9.97 Å². The zero-order valence-electron chi connectivity index (χ0n) is 10.9. The Kier molecular flexibility index (Phi) is 4.17. The van der Waals surface area contributed by atoms with Crippen molar-refractivity contribution < 1.29 is 4.74 Å². The summed E-state index contributed by atoms with van der Waals surface area (Å²) in [5.41, 5.74) is 7.63. The maximum absolute atomic E-state index is 5.99. The molecule has 1 heterocycles. The zero-order chi connectivity index (χ0) is 14.0. The Hall–Kier alpha value is -1.46. The monoisotopic (exact) mass is 295 g/mol. The van der Waals surface area contributed by atoms with Crippen molar-refractivity contribution in [3.63, 3.8) is 0 Å². The predicted molar refractivity (Wildman–Crippen MR) is 79.2 cm³/mol. The Morgan fingerprint density at radius 1 is 1.16 bits per heavy atom. The van der Waals surface area contributed by atoms with Crippen LogP contribution in [-0.2, 0) is 0 Å². The fourth-order valence-electron chi connectivity index (χ4n) is 1.73. The van der Waals surface area contributed by atoms with Gasteiger partial charge in [0.1, 0.15) is 11.6 Å². The molecule has 0 saturated heterocycles. The normalized spacial score (nSPS) is 10.5. The van der Waals surface area contributed by atoms with Gasteiger partial charge in [0.05, 0.1) is 0 Å². The van der Waals surface area contributed by atoms with E-state index < -0.39 is 0 Å². The highest BCUT2D eigenvalue weighted by molar-refractivity contribution is 7.98. The first kappa shape index (κ1) is 14.0. The van der Waals surface area contributed by atoms with Crippen LogP contribution in [0, 0.1) is 13.8 Å². The summed E-state index contributed by atoms with van der Waals surface area (Å²) in [6.45, 7) is 3.88. The average Bonchev–Trinajstić information content (AvgIpc) is 2.33. The van der Waals surface area contributed by atoms with Crippen LogP contribution >= 0.6 is 23.4 Å². The number of aryl methyl sites for hydroxylation is 2. The van der Waals surface area contributed by atoms with E-state index in [-0.39, 0.29) is 0 Å². The number of nitrogen functional groups attached to an aromatic ring is 1. The van der Waals surface area contributed by atoms with Crippen LogP contribution in [-0.4, -0.2) is 16.2 Å². The maximum atomic E-state index is 5.99. The predicted octanol–water partition coefficient (Wildman–Crippen LogP) is 3.84. The van der Waals surface area contributed by atoms with Gasteiger partial charge in [-0.2, -0.15) is 4.98 Å². The van der Waals surface area contributed by atoms with Crippen molar-refractivity contribution in [1.82, 2.24) is 9.97 Å². The van der Waals surface area contributed by atoms with Gasteiger partial charge in [-0.25, -0.2) is 4.98 Å². The molecule has 1 aromatic heterocycles.